The molecule has 162 valence electrons. The van der Waals surface area contributed by atoms with E-state index in [0.717, 1.165) is 37.2 Å². The van der Waals surface area contributed by atoms with Crippen molar-refractivity contribution in [1.82, 2.24) is 10.3 Å². The highest BCUT2D eigenvalue weighted by atomic mass is 32.2. The first-order chi connectivity index (χ1) is 15.1. The lowest BCUT2D eigenvalue weighted by Crippen LogP contribution is -2.53. The zero-order valence-electron chi connectivity index (χ0n) is 17.2. The molecule has 2 aliphatic heterocycles. The number of anilines is 1. The van der Waals surface area contributed by atoms with Crippen LogP contribution in [-0.2, 0) is 15.3 Å². The third kappa shape index (κ3) is 5.25. The van der Waals surface area contributed by atoms with Crippen LogP contribution in [0.15, 0.2) is 59.7 Å². The van der Waals surface area contributed by atoms with E-state index in [1.165, 1.54) is 23.9 Å². The highest BCUT2D eigenvalue weighted by Crippen LogP contribution is 2.28. The minimum Gasteiger partial charge on any atom is -0.343 e. The molecular formula is C23H25FN4O2S. The van der Waals surface area contributed by atoms with Crippen molar-refractivity contribution in [3.8, 4) is 0 Å². The molecule has 6 nitrogen and oxygen atoms in total. The van der Waals surface area contributed by atoms with E-state index in [0.29, 0.717) is 17.9 Å². The van der Waals surface area contributed by atoms with Gasteiger partial charge in [0.05, 0.1) is 0 Å². The highest BCUT2D eigenvalue weighted by molar-refractivity contribution is 7.99. The Bertz CT molecular complexity index is 963. The van der Waals surface area contributed by atoms with Crippen molar-refractivity contribution in [2.45, 2.75) is 36.9 Å². The number of hydrogen-bond donors (Lipinski definition) is 1. The van der Waals surface area contributed by atoms with E-state index in [2.05, 4.69) is 10.5 Å². The van der Waals surface area contributed by atoms with Crippen LogP contribution in [0.4, 0.5) is 10.1 Å². The van der Waals surface area contributed by atoms with Crippen LogP contribution in [0, 0.1) is 5.82 Å². The van der Waals surface area contributed by atoms with Gasteiger partial charge in [-0.05, 0) is 42.7 Å². The molecule has 2 aromatic rings. The first-order valence-electron chi connectivity index (χ1n) is 10.5. The van der Waals surface area contributed by atoms with Crippen molar-refractivity contribution in [1.29, 1.82) is 0 Å². The molecule has 4 rings (SSSR count). The average Bonchev–Trinajstić information content (AvgIpc) is 3.32. The number of carbonyl (C=O) groups excluding carboxylic acids is 2. The number of para-hydroxylation sites is 1. The van der Waals surface area contributed by atoms with Gasteiger partial charge in [-0.25, -0.2) is 4.39 Å². The fourth-order valence-electron chi connectivity index (χ4n) is 3.75. The summed E-state index contributed by atoms with van der Waals surface area (Å²) in [6.45, 7) is 1.60. The molecule has 2 amide bonds. The van der Waals surface area contributed by atoms with Gasteiger partial charge in [-0.15, -0.1) is 11.8 Å². The molecule has 1 atom stereocenters. The lowest BCUT2D eigenvalue weighted by Gasteiger charge is -2.34. The van der Waals surface area contributed by atoms with E-state index in [1.807, 2.05) is 41.3 Å². The number of likely N-dealkylation sites (tertiary alicyclic amines) is 1. The van der Waals surface area contributed by atoms with E-state index in [-0.39, 0.29) is 24.1 Å². The molecular weight excluding hydrogens is 415 g/mol. The number of nitrogens with zero attached hydrogens (tertiary/aromatic N) is 3. The Labute approximate surface area is 185 Å². The van der Waals surface area contributed by atoms with Crippen molar-refractivity contribution in [2.24, 2.45) is 5.10 Å². The number of amides is 2. The number of thioether (sulfide) groups is 1. The normalized spacial score (nSPS) is 18.7. The molecule has 1 saturated heterocycles. The molecule has 0 spiro atoms. The minimum absolute atomic E-state index is 0.0712. The van der Waals surface area contributed by atoms with Crippen molar-refractivity contribution in [3.05, 3.63) is 66.0 Å². The molecule has 2 aromatic carbocycles. The molecule has 0 saturated carbocycles. The van der Waals surface area contributed by atoms with Gasteiger partial charge in [0.25, 0.3) is 5.91 Å². The molecule has 0 radical (unpaired) electrons. The molecule has 0 aromatic heterocycles. The monoisotopic (exact) mass is 440 g/mol. The van der Waals surface area contributed by atoms with E-state index in [4.69, 9.17) is 0 Å². The summed E-state index contributed by atoms with van der Waals surface area (Å²) >= 11 is 1.46. The van der Waals surface area contributed by atoms with Crippen LogP contribution in [0.5, 0.6) is 0 Å². The summed E-state index contributed by atoms with van der Waals surface area (Å²) in [5.41, 5.74) is 4.55. The van der Waals surface area contributed by atoms with Crippen LogP contribution in [0.25, 0.3) is 0 Å². The predicted molar refractivity (Wildman–Crippen MR) is 121 cm³/mol. The largest absolute Gasteiger partial charge is 0.343 e. The molecule has 2 heterocycles. The third-order valence-electron chi connectivity index (χ3n) is 5.38. The summed E-state index contributed by atoms with van der Waals surface area (Å²) < 4.78 is 13.5. The number of hydrogen-bond acceptors (Lipinski definition) is 5. The van der Waals surface area contributed by atoms with Gasteiger partial charge in [-0.1, -0.05) is 30.3 Å². The van der Waals surface area contributed by atoms with Crippen LogP contribution in [0.1, 0.15) is 31.2 Å². The lowest BCUT2D eigenvalue weighted by molar-refractivity contribution is -0.129. The smallest absolute Gasteiger partial charge is 0.276 e. The van der Waals surface area contributed by atoms with Gasteiger partial charge in [-0.2, -0.15) is 5.10 Å². The summed E-state index contributed by atoms with van der Waals surface area (Å²) in [6, 6.07) is 15.8. The van der Waals surface area contributed by atoms with Gasteiger partial charge in [0.2, 0.25) is 5.91 Å². The van der Waals surface area contributed by atoms with E-state index in [9.17, 15) is 14.0 Å². The minimum atomic E-state index is -0.434. The second-order valence-corrected chi connectivity index (χ2v) is 8.65. The molecule has 1 fully saturated rings. The molecule has 0 aliphatic carbocycles. The number of nitrogens with one attached hydrogen (secondary N) is 1. The molecule has 1 N–H and O–H groups in total. The maximum absolute atomic E-state index is 13.5. The van der Waals surface area contributed by atoms with E-state index >= 15 is 0 Å². The Morgan fingerprint density at radius 1 is 1.13 bits per heavy atom. The number of carbonyl (C=O) groups is 2. The van der Waals surface area contributed by atoms with Crippen LogP contribution >= 0.6 is 11.8 Å². The summed E-state index contributed by atoms with van der Waals surface area (Å²) in [5.74, 6) is 0.0936. The van der Waals surface area contributed by atoms with Crippen molar-refractivity contribution in [2.75, 3.05) is 18.0 Å². The fourth-order valence-corrected chi connectivity index (χ4v) is 4.78. The van der Waals surface area contributed by atoms with Crippen molar-refractivity contribution in [3.63, 3.8) is 0 Å². The van der Waals surface area contributed by atoms with E-state index in [1.54, 1.807) is 11.0 Å². The number of halogens is 1. The summed E-state index contributed by atoms with van der Waals surface area (Å²) in [5, 5.41) is 4.31. The first-order valence-corrected chi connectivity index (χ1v) is 11.5. The van der Waals surface area contributed by atoms with E-state index < -0.39 is 5.50 Å². The van der Waals surface area contributed by atoms with Crippen LogP contribution in [0.3, 0.4) is 0 Å². The van der Waals surface area contributed by atoms with Gasteiger partial charge in [0.1, 0.15) is 11.5 Å². The molecule has 8 heteroatoms. The zero-order chi connectivity index (χ0) is 21.6. The van der Waals surface area contributed by atoms with Gasteiger partial charge in [0, 0.05) is 37.4 Å². The van der Waals surface area contributed by atoms with Gasteiger partial charge < -0.3 is 4.90 Å². The van der Waals surface area contributed by atoms with Gasteiger partial charge in [-0.3, -0.25) is 19.9 Å². The Morgan fingerprint density at radius 3 is 2.65 bits per heavy atom. The summed E-state index contributed by atoms with van der Waals surface area (Å²) in [4.78, 5) is 29.2. The van der Waals surface area contributed by atoms with Crippen molar-refractivity contribution < 1.29 is 14.0 Å². The maximum Gasteiger partial charge on any atom is 0.276 e. The highest BCUT2D eigenvalue weighted by Gasteiger charge is 2.33. The molecule has 0 bridgehead atoms. The Balaban J connectivity index is 1.47. The summed E-state index contributed by atoms with van der Waals surface area (Å²) in [7, 11) is 0. The molecule has 1 unspecified atom stereocenters. The van der Waals surface area contributed by atoms with Crippen LogP contribution in [0.2, 0.25) is 0 Å². The number of rotatable bonds is 7. The summed E-state index contributed by atoms with van der Waals surface area (Å²) in [6.07, 6.45) is 2.65. The van der Waals surface area contributed by atoms with Crippen LogP contribution in [-0.4, -0.2) is 41.0 Å². The fraction of sp³-hybridized carbons (Fsp3) is 0.348. The van der Waals surface area contributed by atoms with Gasteiger partial charge in [0.15, 0.2) is 5.50 Å². The Hall–Kier alpha value is -2.87. The molecule has 31 heavy (non-hydrogen) atoms. The second-order valence-electron chi connectivity index (χ2n) is 7.58. The maximum atomic E-state index is 13.5. The second kappa shape index (κ2) is 9.96. The average molecular weight is 441 g/mol. The van der Waals surface area contributed by atoms with Crippen molar-refractivity contribution >= 4 is 35.0 Å². The Morgan fingerprint density at radius 2 is 1.90 bits per heavy atom. The lowest BCUT2D eigenvalue weighted by atomic mass is 10.1. The topological polar surface area (TPSA) is 65.0 Å². The SMILES string of the molecule is O=C(CCC1=NNC(SCc2cccc(F)c2)N(c2ccccc2)C1=O)N1CCCC1. The first kappa shape index (κ1) is 21.4. The predicted octanol–water partition coefficient (Wildman–Crippen LogP) is 3.74. The molecule has 2 aliphatic rings. The third-order valence-corrected chi connectivity index (χ3v) is 6.51. The number of benzene rings is 2. The quantitative estimate of drug-likeness (QED) is 0.713. The van der Waals surface area contributed by atoms with Gasteiger partial charge >= 0.3 is 0 Å². The Kier molecular flexibility index (Phi) is 6.86. The van der Waals surface area contributed by atoms with Crippen LogP contribution < -0.4 is 10.3 Å². The zero-order valence-corrected chi connectivity index (χ0v) is 18.0. The number of hydrazone groups is 1. The standard InChI is InChI=1S/C23H25FN4O2S/c24-18-8-6-7-17(15-18)16-31-23-26-25-20(11-12-21(29)27-13-4-5-14-27)22(30)28(23)19-9-2-1-3-10-19/h1-3,6-10,15,23,26H,4-5,11-14,16H2.